The molecule has 0 spiro atoms. The molecule has 0 N–H and O–H groups in total. The summed E-state index contributed by atoms with van der Waals surface area (Å²) in [6, 6.07) is -0.266. The summed E-state index contributed by atoms with van der Waals surface area (Å²) in [7, 11) is 0. The van der Waals surface area contributed by atoms with E-state index in [1.54, 1.807) is 16.7 Å². The van der Waals surface area contributed by atoms with Crippen molar-refractivity contribution in [2.45, 2.75) is 45.1 Å². The Labute approximate surface area is 123 Å². The summed E-state index contributed by atoms with van der Waals surface area (Å²) >= 11 is 0. The molecule has 114 valence electrons. The van der Waals surface area contributed by atoms with Crippen LogP contribution in [0.15, 0.2) is 4.52 Å². The lowest BCUT2D eigenvalue weighted by molar-refractivity contribution is -0.143. The fourth-order valence-corrected chi connectivity index (χ4v) is 3.08. The molecule has 2 aliphatic heterocycles. The van der Waals surface area contributed by atoms with Crippen molar-refractivity contribution < 1.29 is 14.1 Å². The molecule has 3 rings (SSSR count). The molecule has 2 amide bonds. The van der Waals surface area contributed by atoms with Crippen LogP contribution in [-0.2, 0) is 16.0 Å². The van der Waals surface area contributed by atoms with Gasteiger partial charge in [0.05, 0.1) is 0 Å². The van der Waals surface area contributed by atoms with Crippen LogP contribution in [0.4, 0.5) is 0 Å². The maximum absolute atomic E-state index is 12.6. The third-order valence-corrected chi connectivity index (χ3v) is 4.18. The Bertz CT molecular complexity index is 542. The molecule has 3 heterocycles. The quantitative estimate of drug-likeness (QED) is 0.812. The Morgan fingerprint density at radius 2 is 2.14 bits per heavy atom. The molecular formula is C14H20N4O3. The van der Waals surface area contributed by atoms with Gasteiger partial charge in [0.25, 0.3) is 0 Å². The highest BCUT2D eigenvalue weighted by Crippen LogP contribution is 2.23. The van der Waals surface area contributed by atoms with E-state index in [1.807, 2.05) is 0 Å². The fraction of sp³-hybridized carbons (Fsp3) is 0.714. The minimum Gasteiger partial charge on any atom is -0.340 e. The predicted molar refractivity (Wildman–Crippen MR) is 73.3 cm³/mol. The predicted octanol–water partition coefficient (Wildman–Crippen LogP) is 0.534. The first-order valence-corrected chi connectivity index (χ1v) is 7.52. The van der Waals surface area contributed by atoms with E-state index in [1.165, 1.54) is 0 Å². The van der Waals surface area contributed by atoms with Crippen molar-refractivity contribution in [3.63, 3.8) is 0 Å². The van der Waals surface area contributed by atoms with Crippen LogP contribution >= 0.6 is 0 Å². The van der Waals surface area contributed by atoms with E-state index >= 15 is 0 Å². The van der Waals surface area contributed by atoms with E-state index in [2.05, 4.69) is 10.1 Å². The number of carbonyl (C=O) groups excluding carboxylic acids is 2. The second-order valence-electron chi connectivity index (χ2n) is 5.66. The van der Waals surface area contributed by atoms with Gasteiger partial charge in [0.15, 0.2) is 5.82 Å². The molecule has 0 radical (unpaired) electrons. The third-order valence-electron chi connectivity index (χ3n) is 4.18. The highest BCUT2D eigenvalue weighted by molar-refractivity contribution is 5.90. The summed E-state index contributed by atoms with van der Waals surface area (Å²) in [4.78, 5) is 32.4. The summed E-state index contributed by atoms with van der Waals surface area (Å²) in [5, 5.41) is 3.74. The van der Waals surface area contributed by atoms with E-state index < -0.39 is 0 Å². The first kappa shape index (κ1) is 14.0. The van der Waals surface area contributed by atoms with Crippen molar-refractivity contribution in [3.8, 4) is 0 Å². The van der Waals surface area contributed by atoms with Crippen molar-refractivity contribution in [1.29, 1.82) is 0 Å². The molecule has 7 heteroatoms. The lowest BCUT2D eigenvalue weighted by atomic mass is 10.0. The zero-order valence-electron chi connectivity index (χ0n) is 12.2. The lowest BCUT2D eigenvalue weighted by Gasteiger charge is -2.34. The van der Waals surface area contributed by atoms with Crippen LogP contribution in [0.1, 0.15) is 37.4 Å². The van der Waals surface area contributed by atoms with Crippen molar-refractivity contribution in [3.05, 3.63) is 11.7 Å². The second kappa shape index (κ2) is 5.83. The van der Waals surface area contributed by atoms with Crippen LogP contribution in [0.5, 0.6) is 0 Å². The molecule has 1 unspecified atom stereocenters. The molecule has 1 atom stereocenters. The van der Waals surface area contributed by atoms with Gasteiger partial charge >= 0.3 is 0 Å². The first-order valence-electron chi connectivity index (χ1n) is 7.52. The van der Waals surface area contributed by atoms with Gasteiger partial charge in [-0.05, 0) is 26.2 Å². The number of fused-ring (bicyclic) bond motifs is 1. The van der Waals surface area contributed by atoms with Crippen LogP contribution in [0.3, 0.4) is 0 Å². The van der Waals surface area contributed by atoms with Gasteiger partial charge in [-0.1, -0.05) is 5.16 Å². The molecule has 0 saturated carbocycles. The van der Waals surface area contributed by atoms with Gasteiger partial charge in [-0.3, -0.25) is 9.59 Å². The first-order chi connectivity index (χ1) is 10.1. The number of piperidine rings is 1. The van der Waals surface area contributed by atoms with Crippen LogP contribution < -0.4 is 0 Å². The Morgan fingerprint density at radius 1 is 1.29 bits per heavy atom. The summed E-state index contributed by atoms with van der Waals surface area (Å²) in [6.07, 6.45) is 3.73. The largest absolute Gasteiger partial charge is 0.340 e. The average molecular weight is 292 g/mol. The minimum absolute atomic E-state index is 0.0665. The van der Waals surface area contributed by atoms with Crippen molar-refractivity contribution >= 4 is 11.8 Å². The number of hydrogen-bond donors (Lipinski definition) is 0. The molecule has 1 aromatic rings. The summed E-state index contributed by atoms with van der Waals surface area (Å²) in [6.45, 7) is 3.49. The van der Waals surface area contributed by atoms with Crippen LogP contribution in [0.2, 0.25) is 0 Å². The van der Waals surface area contributed by atoms with E-state index in [0.29, 0.717) is 44.2 Å². The summed E-state index contributed by atoms with van der Waals surface area (Å²) in [5.74, 6) is 1.30. The Balaban J connectivity index is 1.67. The highest BCUT2D eigenvalue weighted by atomic mass is 16.5. The highest BCUT2D eigenvalue weighted by Gasteiger charge is 2.37. The van der Waals surface area contributed by atoms with Gasteiger partial charge in [-0.2, -0.15) is 4.98 Å². The smallest absolute Gasteiger partial charge is 0.245 e. The van der Waals surface area contributed by atoms with E-state index in [9.17, 15) is 9.59 Å². The summed E-state index contributed by atoms with van der Waals surface area (Å²) in [5.41, 5.74) is 0. The second-order valence-corrected chi connectivity index (χ2v) is 5.66. The third kappa shape index (κ3) is 2.91. The maximum atomic E-state index is 12.6. The molecule has 2 aliphatic rings. The Kier molecular flexibility index (Phi) is 3.90. The number of amides is 2. The van der Waals surface area contributed by atoms with Crippen LogP contribution in [0.25, 0.3) is 0 Å². The maximum Gasteiger partial charge on any atom is 0.245 e. The normalized spacial score (nSPS) is 23.2. The molecule has 7 nitrogen and oxygen atoms in total. The molecule has 0 aliphatic carbocycles. The number of rotatable bonds is 3. The summed E-state index contributed by atoms with van der Waals surface area (Å²) < 4.78 is 5.07. The van der Waals surface area contributed by atoms with Gasteiger partial charge in [-0.25, -0.2) is 0 Å². The van der Waals surface area contributed by atoms with Crippen molar-refractivity contribution in [2.24, 2.45) is 0 Å². The van der Waals surface area contributed by atoms with Crippen molar-refractivity contribution in [1.82, 2.24) is 19.9 Å². The Hall–Kier alpha value is -1.92. The molecule has 1 aromatic heterocycles. The number of nitrogens with zero attached hydrogens (tertiary/aromatic N) is 4. The number of carbonyl (C=O) groups is 2. The van der Waals surface area contributed by atoms with Gasteiger partial charge < -0.3 is 14.3 Å². The van der Waals surface area contributed by atoms with E-state index in [-0.39, 0.29) is 17.9 Å². The molecule has 2 fully saturated rings. The van der Waals surface area contributed by atoms with Gasteiger partial charge in [0, 0.05) is 32.5 Å². The SMILES string of the molecule is Cc1noc(CCN2CCC(=O)N3CCCCC3C2=O)n1. The Morgan fingerprint density at radius 3 is 2.90 bits per heavy atom. The number of aromatic nitrogens is 2. The van der Waals surface area contributed by atoms with Crippen LogP contribution in [-0.4, -0.2) is 57.4 Å². The van der Waals surface area contributed by atoms with Gasteiger partial charge in [-0.15, -0.1) is 0 Å². The lowest BCUT2D eigenvalue weighted by Crippen LogP contribution is -2.50. The molecule has 0 bridgehead atoms. The fourth-order valence-electron chi connectivity index (χ4n) is 3.08. The molecule has 0 aromatic carbocycles. The van der Waals surface area contributed by atoms with Gasteiger partial charge in [0.2, 0.25) is 17.7 Å². The monoisotopic (exact) mass is 292 g/mol. The average Bonchev–Trinajstić information content (AvgIpc) is 2.87. The molecule has 21 heavy (non-hydrogen) atoms. The zero-order valence-corrected chi connectivity index (χ0v) is 12.2. The number of aryl methyl sites for hydroxylation is 1. The van der Waals surface area contributed by atoms with E-state index in [0.717, 1.165) is 19.3 Å². The topological polar surface area (TPSA) is 79.5 Å². The zero-order chi connectivity index (χ0) is 14.8. The molecule has 2 saturated heterocycles. The molecular weight excluding hydrogens is 272 g/mol. The number of hydrogen-bond acceptors (Lipinski definition) is 5. The minimum atomic E-state index is -0.266. The van der Waals surface area contributed by atoms with Crippen molar-refractivity contribution in [2.75, 3.05) is 19.6 Å². The van der Waals surface area contributed by atoms with Crippen LogP contribution in [0, 0.1) is 6.92 Å². The standard InChI is InChI=1S/C14H20N4O3/c1-10-15-12(21-16-10)5-8-17-9-6-13(19)18-7-3-2-4-11(18)14(17)20/h11H,2-9H2,1H3. The van der Waals surface area contributed by atoms with Gasteiger partial charge in [0.1, 0.15) is 6.04 Å². The van der Waals surface area contributed by atoms with E-state index in [4.69, 9.17) is 4.52 Å².